The van der Waals surface area contributed by atoms with Gasteiger partial charge in [0.05, 0.1) is 26.3 Å². The molecule has 0 bridgehead atoms. The Balaban J connectivity index is 2.68. The summed E-state index contributed by atoms with van der Waals surface area (Å²) in [6, 6.07) is 7.14. The number of nitrogens with one attached hydrogen (secondary N) is 1. The summed E-state index contributed by atoms with van der Waals surface area (Å²) < 4.78 is 9.80. The number of methoxy groups -OCH3 is 1. The molecule has 6 nitrogen and oxygen atoms in total. The standard InChI is InChI=1S/C24H38N2O4S/c1-8-30-23(28)17(4)13-20(16(2)3)26-14-21(27)22(25)24(5,6)31-15-18-9-11-19(29-7)12-10-18/h9-13,16,20,22,26H,8,14-15,25H2,1-7H3/t20-,22+/m0/s1. The van der Waals surface area contributed by atoms with Crippen molar-refractivity contribution < 1.29 is 19.1 Å². The number of benzene rings is 1. The molecule has 3 N–H and O–H groups in total. The van der Waals surface area contributed by atoms with E-state index in [0.717, 1.165) is 17.1 Å². The number of carbonyl (C=O) groups excluding carboxylic acids is 2. The molecule has 0 fully saturated rings. The number of hydrogen-bond donors (Lipinski definition) is 2. The van der Waals surface area contributed by atoms with E-state index in [4.69, 9.17) is 15.2 Å². The van der Waals surface area contributed by atoms with Crippen LogP contribution in [0.4, 0.5) is 0 Å². The second-order valence-corrected chi connectivity index (χ2v) is 10.0. The van der Waals surface area contributed by atoms with Crippen LogP contribution in [0.2, 0.25) is 0 Å². The Morgan fingerprint density at radius 3 is 2.35 bits per heavy atom. The average molecular weight is 451 g/mol. The fourth-order valence-electron chi connectivity index (χ4n) is 2.87. The van der Waals surface area contributed by atoms with Crippen LogP contribution in [-0.2, 0) is 20.1 Å². The number of rotatable bonds is 13. The molecular formula is C24H38N2O4S. The summed E-state index contributed by atoms with van der Waals surface area (Å²) in [6.07, 6.45) is 1.82. The van der Waals surface area contributed by atoms with Crippen LogP contribution in [0.25, 0.3) is 0 Å². The van der Waals surface area contributed by atoms with Gasteiger partial charge in [-0.2, -0.15) is 0 Å². The van der Waals surface area contributed by atoms with Gasteiger partial charge in [0.15, 0.2) is 5.78 Å². The molecule has 0 saturated heterocycles. The Bertz CT molecular complexity index is 744. The van der Waals surface area contributed by atoms with Crippen molar-refractivity contribution in [3.63, 3.8) is 0 Å². The molecule has 0 aliphatic heterocycles. The van der Waals surface area contributed by atoms with E-state index in [1.54, 1.807) is 32.7 Å². The predicted octanol–water partition coefficient (Wildman–Crippen LogP) is 3.73. The first-order chi connectivity index (χ1) is 14.5. The average Bonchev–Trinajstić information content (AvgIpc) is 2.74. The number of hydrogen-bond acceptors (Lipinski definition) is 7. The Hall–Kier alpha value is -1.83. The van der Waals surface area contributed by atoms with Crippen LogP contribution in [0.3, 0.4) is 0 Å². The maximum atomic E-state index is 12.8. The zero-order valence-corrected chi connectivity index (χ0v) is 20.7. The van der Waals surface area contributed by atoms with E-state index in [2.05, 4.69) is 5.32 Å². The largest absolute Gasteiger partial charge is 0.497 e. The lowest BCUT2D eigenvalue weighted by Crippen LogP contribution is -2.51. The van der Waals surface area contributed by atoms with E-state index in [1.807, 2.05) is 58.0 Å². The number of esters is 1. The number of thioether (sulfide) groups is 1. The van der Waals surface area contributed by atoms with Crippen molar-refractivity contribution in [3.05, 3.63) is 41.5 Å². The highest BCUT2D eigenvalue weighted by Gasteiger charge is 2.32. The lowest BCUT2D eigenvalue weighted by molar-refractivity contribution is -0.138. The van der Waals surface area contributed by atoms with Crippen LogP contribution in [0.15, 0.2) is 35.9 Å². The van der Waals surface area contributed by atoms with Crippen molar-refractivity contribution in [2.45, 2.75) is 64.1 Å². The van der Waals surface area contributed by atoms with Gasteiger partial charge in [-0.3, -0.25) is 4.79 Å². The Kier molecular flexibility index (Phi) is 11.3. The van der Waals surface area contributed by atoms with Gasteiger partial charge < -0.3 is 20.5 Å². The van der Waals surface area contributed by atoms with Crippen molar-refractivity contribution in [3.8, 4) is 5.75 Å². The third-order valence-electron chi connectivity index (χ3n) is 5.12. The molecule has 0 aliphatic carbocycles. The van der Waals surface area contributed by atoms with Gasteiger partial charge in [0, 0.05) is 22.1 Å². The van der Waals surface area contributed by atoms with E-state index < -0.39 is 10.8 Å². The fraction of sp³-hybridized carbons (Fsp3) is 0.583. The molecule has 0 aliphatic rings. The summed E-state index contributed by atoms with van der Waals surface area (Å²) in [5.41, 5.74) is 8.01. The molecule has 31 heavy (non-hydrogen) atoms. The molecule has 0 saturated carbocycles. The topological polar surface area (TPSA) is 90.7 Å². The number of ketones is 1. The quantitative estimate of drug-likeness (QED) is 0.349. The van der Waals surface area contributed by atoms with Gasteiger partial charge in [-0.05, 0) is 51.3 Å². The molecule has 7 heteroatoms. The number of ether oxygens (including phenoxy) is 2. The van der Waals surface area contributed by atoms with Crippen LogP contribution < -0.4 is 15.8 Å². The van der Waals surface area contributed by atoms with Crippen molar-refractivity contribution in [2.24, 2.45) is 11.7 Å². The number of Topliss-reactive ketones (excluding diaryl/α,β-unsaturated/α-hetero) is 1. The third-order valence-corrected chi connectivity index (χ3v) is 6.60. The summed E-state index contributed by atoms with van der Waals surface area (Å²) >= 11 is 1.65. The van der Waals surface area contributed by atoms with Crippen molar-refractivity contribution >= 4 is 23.5 Å². The minimum atomic E-state index is -0.619. The summed E-state index contributed by atoms with van der Waals surface area (Å²) in [7, 11) is 1.64. The van der Waals surface area contributed by atoms with Gasteiger partial charge in [-0.1, -0.05) is 32.1 Å². The monoisotopic (exact) mass is 450 g/mol. The lowest BCUT2D eigenvalue weighted by Gasteiger charge is -2.31. The van der Waals surface area contributed by atoms with Gasteiger partial charge in [-0.15, -0.1) is 11.8 Å². The Morgan fingerprint density at radius 2 is 1.84 bits per heavy atom. The van der Waals surface area contributed by atoms with Gasteiger partial charge in [0.2, 0.25) is 0 Å². The van der Waals surface area contributed by atoms with Crippen molar-refractivity contribution in [1.82, 2.24) is 5.32 Å². The van der Waals surface area contributed by atoms with Gasteiger partial charge in [0.25, 0.3) is 0 Å². The van der Waals surface area contributed by atoms with E-state index in [1.165, 1.54) is 0 Å². The summed E-state index contributed by atoms with van der Waals surface area (Å²) in [4.78, 5) is 24.7. The number of carbonyl (C=O) groups is 2. The number of nitrogens with two attached hydrogens (primary N) is 1. The highest BCUT2D eigenvalue weighted by molar-refractivity contribution is 7.99. The molecule has 0 heterocycles. The van der Waals surface area contributed by atoms with E-state index >= 15 is 0 Å². The van der Waals surface area contributed by atoms with E-state index in [9.17, 15) is 9.59 Å². The van der Waals surface area contributed by atoms with Crippen LogP contribution in [0.5, 0.6) is 5.75 Å². The molecule has 0 spiro atoms. The summed E-state index contributed by atoms with van der Waals surface area (Å²) in [5, 5.41) is 3.25. The fourth-order valence-corrected chi connectivity index (χ4v) is 3.91. The van der Waals surface area contributed by atoms with Gasteiger partial charge in [-0.25, -0.2) is 4.79 Å². The zero-order chi connectivity index (χ0) is 23.6. The Labute approximate surface area is 191 Å². The maximum Gasteiger partial charge on any atom is 0.333 e. The molecule has 0 amide bonds. The molecular weight excluding hydrogens is 412 g/mol. The van der Waals surface area contributed by atoms with Crippen molar-refractivity contribution in [2.75, 3.05) is 20.3 Å². The third kappa shape index (κ3) is 9.05. The van der Waals surface area contributed by atoms with Crippen LogP contribution in [-0.4, -0.2) is 48.8 Å². The molecule has 174 valence electrons. The molecule has 1 rings (SSSR count). The van der Waals surface area contributed by atoms with Crippen LogP contribution >= 0.6 is 11.8 Å². The molecule has 0 unspecified atom stereocenters. The van der Waals surface area contributed by atoms with Crippen LogP contribution in [0, 0.1) is 5.92 Å². The molecule has 1 aromatic carbocycles. The summed E-state index contributed by atoms with van der Waals surface area (Å²) in [6.45, 7) is 12.0. The van der Waals surface area contributed by atoms with E-state index in [-0.39, 0.29) is 30.3 Å². The zero-order valence-electron chi connectivity index (χ0n) is 19.9. The first-order valence-corrected chi connectivity index (χ1v) is 11.6. The first-order valence-electron chi connectivity index (χ1n) is 10.7. The second-order valence-electron chi connectivity index (χ2n) is 8.41. The Morgan fingerprint density at radius 1 is 1.23 bits per heavy atom. The van der Waals surface area contributed by atoms with Crippen LogP contribution in [0.1, 0.15) is 47.1 Å². The molecule has 0 aromatic heterocycles. The highest BCUT2D eigenvalue weighted by atomic mass is 32.2. The smallest absolute Gasteiger partial charge is 0.333 e. The highest BCUT2D eigenvalue weighted by Crippen LogP contribution is 2.31. The second kappa shape index (κ2) is 12.9. The normalized spacial score (nSPS) is 14.3. The van der Waals surface area contributed by atoms with Gasteiger partial charge in [0.1, 0.15) is 5.75 Å². The summed E-state index contributed by atoms with van der Waals surface area (Å²) in [5.74, 6) is 1.37. The van der Waals surface area contributed by atoms with Crippen molar-refractivity contribution in [1.29, 1.82) is 0 Å². The molecule has 2 atom stereocenters. The molecule has 1 aromatic rings. The maximum absolute atomic E-state index is 12.8. The minimum Gasteiger partial charge on any atom is -0.497 e. The van der Waals surface area contributed by atoms with E-state index in [0.29, 0.717) is 12.2 Å². The molecule has 0 radical (unpaired) electrons. The minimum absolute atomic E-state index is 0.0555. The predicted molar refractivity (Wildman–Crippen MR) is 128 cm³/mol. The SMILES string of the molecule is CCOC(=O)C(C)=C[C@H](NCC(=O)[C@@H](N)C(C)(C)SCc1ccc(OC)cc1)C(C)C. The first kappa shape index (κ1) is 27.2. The lowest BCUT2D eigenvalue weighted by atomic mass is 9.98. The van der Waals surface area contributed by atoms with Gasteiger partial charge >= 0.3 is 5.97 Å².